The fourth-order valence-electron chi connectivity index (χ4n) is 2.77. The molecule has 2 aromatic carbocycles. The smallest absolute Gasteiger partial charge is 0.00136 e. The molecule has 90 valence electrons. The predicted molar refractivity (Wildman–Crippen MR) is 78.5 cm³/mol. The maximum atomic E-state index is 2.35. The molecule has 3 rings (SSSR count). The molecule has 0 saturated heterocycles. The second kappa shape index (κ2) is 4.81. The van der Waals surface area contributed by atoms with Gasteiger partial charge in [-0.15, -0.1) is 0 Å². The maximum absolute atomic E-state index is 2.35. The molecule has 2 aromatic rings. The van der Waals surface area contributed by atoms with E-state index >= 15 is 0 Å². The molecule has 0 bridgehead atoms. The Morgan fingerprint density at radius 1 is 0.944 bits per heavy atom. The molecular weight excluding hydrogens is 216 g/mol. The van der Waals surface area contributed by atoms with E-state index in [1.54, 1.807) is 0 Å². The van der Waals surface area contributed by atoms with E-state index in [9.17, 15) is 0 Å². The van der Waals surface area contributed by atoms with Gasteiger partial charge < -0.3 is 0 Å². The zero-order valence-corrected chi connectivity index (χ0v) is 10.8. The summed E-state index contributed by atoms with van der Waals surface area (Å²) in [5.74, 6) is 0. The molecule has 0 N–H and O–H groups in total. The molecule has 0 amide bonds. The van der Waals surface area contributed by atoms with Crippen LogP contribution in [0.3, 0.4) is 0 Å². The number of rotatable bonds is 3. The third-order valence-electron chi connectivity index (χ3n) is 3.65. The molecule has 1 aliphatic carbocycles. The highest BCUT2D eigenvalue weighted by atomic mass is 14.2. The van der Waals surface area contributed by atoms with Gasteiger partial charge in [0.15, 0.2) is 0 Å². The fraction of sp³-hybridized carbons (Fsp3) is 0.222. The normalized spacial score (nSPS) is 13.3. The largest absolute Gasteiger partial charge is 0.0651 e. The van der Waals surface area contributed by atoms with Crippen molar-refractivity contribution in [1.29, 1.82) is 0 Å². The van der Waals surface area contributed by atoms with Gasteiger partial charge in [0.05, 0.1) is 0 Å². The Bertz CT molecular complexity index is 590. The second-order valence-electron chi connectivity index (χ2n) is 4.95. The van der Waals surface area contributed by atoms with E-state index in [1.165, 1.54) is 40.7 Å². The Hall–Kier alpha value is -1.82. The first-order valence-electron chi connectivity index (χ1n) is 6.75. The van der Waals surface area contributed by atoms with Crippen molar-refractivity contribution >= 4 is 11.6 Å². The minimum Gasteiger partial charge on any atom is -0.0651 e. The lowest BCUT2D eigenvalue weighted by Crippen LogP contribution is -1.93. The third kappa shape index (κ3) is 1.99. The van der Waals surface area contributed by atoms with Crippen molar-refractivity contribution in [1.82, 2.24) is 0 Å². The lowest BCUT2D eigenvalue weighted by atomic mass is 9.96. The van der Waals surface area contributed by atoms with Crippen LogP contribution in [0.4, 0.5) is 0 Å². The summed E-state index contributed by atoms with van der Waals surface area (Å²) in [7, 11) is 0. The Labute approximate surface area is 109 Å². The van der Waals surface area contributed by atoms with Crippen LogP contribution >= 0.6 is 0 Å². The highest BCUT2D eigenvalue weighted by molar-refractivity contribution is 5.89. The average Bonchev–Trinajstić information content (AvgIpc) is 2.83. The molecular formula is C18H18. The number of benzene rings is 2. The van der Waals surface area contributed by atoms with Crippen LogP contribution in [0.15, 0.2) is 48.5 Å². The minimum atomic E-state index is 1.08. The van der Waals surface area contributed by atoms with Crippen molar-refractivity contribution in [2.24, 2.45) is 0 Å². The molecule has 0 heteroatoms. The molecule has 0 unspecified atom stereocenters. The van der Waals surface area contributed by atoms with Gasteiger partial charge in [0.25, 0.3) is 0 Å². The standard InChI is InChI=1S/C18H18/c1-2-7-14-8-5-6-11-18(14)17-12-15-9-3-4-10-16(15)13-17/h3-6,8-12H,2,7,13H2,1H3. The summed E-state index contributed by atoms with van der Waals surface area (Å²) in [6.45, 7) is 2.24. The van der Waals surface area contributed by atoms with E-state index in [2.05, 4.69) is 61.5 Å². The molecule has 0 aromatic heterocycles. The summed E-state index contributed by atoms with van der Waals surface area (Å²) in [5.41, 5.74) is 7.24. The van der Waals surface area contributed by atoms with E-state index in [-0.39, 0.29) is 0 Å². The van der Waals surface area contributed by atoms with Crippen LogP contribution < -0.4 is 0 Å². The van der Waals surface area contributed by atoms with Crippen molar-refractivity contribution in [2.75, 3.05) is 0 Å². The van der Waals surface area contributed by atoms with Gasteiger partial charge in [-0.05, 0) is 40.7 Å². The van der Waals surface area contributed by atoms with Crippen molar-refractivity contribution in [2.45, 2.75) is 26.2 Å². The van der Waals surface area contributed by atoms with E-state index in [0.29, 0.717) is 0 Å². The summed E-state index contributed by atoms with van der Waals surface area (Å²) in [5, 5.41) is 0. The van der Waals surface area contributed by atoms with Crippen LogP contribution in [-0.4, -0.2) is 0 Å². The van der Waals surface area contributed by atoms with Gasteiger partial charge in [0.2, 0.25) is 0 Å². The Morgan fingerprint density at radius 3 is 2.56 bits per heavy atom. The van der Waals surface area contributed by atoms with Crippen molar-refractivity contribution in [3.05, 3.63) is 70.8 Å². The zero-order chi connectivity index (χ0) is 12.4. The molecule has 0 spiro atoms. The summed E-state index contributed by atoms with van der Waals surface area (Å²) in [6.07, 6.45) is 5.81. The number of allylic oxidation sites excluding steroid dienone is 1. The first-order chi connectivity index (χ1) is 8.88. The SMILES string of the molecule is CCCc1ccccc1C1=Cc2ccccc2C1. The van der Waals surface area contributed by atoms with Crippen molar-refractivity contribution in [3.8, 4) is 0 Å². The molecule has 0 saturated carbocycles. The van der Waals surface area contributed by atoms with E-state index in [4.69, 9.17) is 0 Å². The lowest BCUT2D eigenvalue weighted by molar-refractivity contribution is 0.918. The minimum absolute atomic E-state index is 1.08. The highest BCUT2D eigenvalue weighted by Crippen LogP contribution is 2.33. The van der Waals surface area contributed by atoms with Crippen LogP contribution in [0.2, 0.25) is 0 Å². The number of hydrogen-bond acceptors (Lipinski definition) is 0. The third-order valence-corrected chi connectivity index (χ3v) is 3.65. The highest BCUT2D eigenvalue weighted by Gasteiger charge is 2.15. The van der Waals surface area contributed by atoms with Gasteiger partial charge in [0, 0.05) is 0 Å². The van der Waals surface area contributed by atoms with Gasteiger partial charge in [-0.3, -0.25) is 0 Å². The van der Waals surface area contributed by atoms with Gasteiger partial charge >= 0.3 is 0 Å². The van der Waals surface area contributed by atoms with Crippen LogP contribution in [0.1, 0.15) is 35.6 Å². The molecule has 0 aliphatic heterocycles. The molecule has 0 fully saturated rings. The Kier molecular flexibility index (Phi) is 3.02. The predicted octanol–water partition coefficient (Wildman–Crippen LogP) is 4.74. The molecule has 0 heterocycles. The summed E-state index contributed by atoms with van der Waals surface area (Å²) < 4.78 is 0. The first kappa shape index (κ1) is 11.3. The van der Waals surface area contributed by atoms with Gasteiger partial charge in [-0.25, -0.2) is 0 Å². The molecule has 1 aliphatic rings. The lowest BCUT2D eigenvalue weighted by Gasteiger charge is -2.09. The van der Waals surface area contributed by atoms with Gasteiger partial charge in [0.1, 0.15) is 0 Å². The van der Waals surface area contributed by atoms with E-state index in [0.717, 1.165) is 6.42 Å². The molecule has 0 atom stereocenters. The van der Waals surface area contributed by atoms with E-state index in [1.807, 2.05) is 0 Å². The average molecular weight is 234 g/mol. The molecule has 18 heavy (non-hydrogen) atoms. The number of hydrogen-bond donors (Lipinski definition) is 0. The van der Waals surface area contributed by atoms with Crippen LogP contribution in [0.5, 0.6) is 0 Å². The first-order valence-corrected chi connectivity index (χ1v) is 6.75. The second-order valence-corrected chi connectivity index (χ2v) is 4.95. The summed E-state index contributed by atoms with van der Waals surface area (Å²) in [4.78, 5) is 0. The quantitative estimate of drug-likeness (QED) is 0.720. The number of fused-ring (bicyclic) bond motifs is 1. The van der Waals surface area contributed by atoms with Crippen molar-refractivity contribution in [3.63, 3.8) is 0 Å². The summed E-state index contributed by atoms with van der Waals surface area (Å²) in [6, 6.07) is 17.5. The number of aryl methyl sites for hydroxylation is 1. The van der Waals surface area contributed by atoms with Crippen LogP contribution in [0.25, 0.3) is 11.6 Å². The zero-order valence-electron chi connectivity index (χ0n) is 10.8. The van der Waals surface area contributed by atoms with Gasteiger partial charge in [-0.2, -0.15) is 0 Å². The topological polar surface area (TPSA) is 0 Å². The monoisotopic (exact) mass is 234 g/mol. The van der Waals surface area contributed by atoms with Crippen molar-refractivity contribution < 1.29 is 0 Å². The fourth-order valence-corrected chi connectivity index (χ4v) is 2.77. The molecule has 0 nitrogen and oxygen atoms in total. The summed E-state index contributed by atoms with van der Waals surface area (Å²) >= 11 is 0. The van der Waals surface area contributed by atoms with Gasteiger partial charge in [-0.1, -0.05) is 68.0 Å². The Balaban J connectivity index is 1.99. The van der Waals surface area contributed by atoms with E-state index < -0.39 is 0 Å². The maximum Gasteiger partial charge on any atom is -0.00136 e. The Morgan fingerprint density at radius 2 is 1.72 bits per heavy atom. The van der Waals surface area contributed by atoms with Crippen LogP contribution in [0, 0.1) is 0 Å². The van der Waals surface area contributed by atoms with Crippen LogP contribution in [-0.2, 0) is 12.8 Å². The molecule has 0 radical (unpaired) electrons.